The molecule has 3 unspecified atom stereocenters. The number of esters is 1. The van der Waals surface area contributed by atoms with Crippen LogP contribution in [0.15, 0.2) is 85.1 Å². The first-order valence-corrected chi connectivity index (χ1v) is 37.4. The summed E-state index contributed by atoms with van der Waals surface area (Å²) in [5.41, 5.74) is 0. The van der Waals surface area contributed by atoms with E-state index < -0.39 is 20.0 Å². The minimum atomic E-state index is -4.46. The lowest BCUT2D eigenvalue weighted by atomic mass is 10.0. The van der Waals surface area contributed by atoms with Gasteiger partial charge in [-0.15, -0.1) is 0 Å². The first-order chi connectivity index (χ1) is 41.4. The largest absolute Gasteiger partial charge is 0.472 e. The highest BCUT2D eigenvalue weighted by molar-refractivity contribution is 7.47. The maximum absolute atomic E-state index is 13.6. The molecule has 0 aromatic rings. The fraction of sp³-hybridized carbons (Fsp3) is 0.787. The van der Waals surface area contributed by atoms with Crippen LogP contribution >= 0.6 is 7.82 Å². The number of carbonyl (C=O) groups excluding carboxylic acids is 2. The number of nitrogens with one attached hydrogen (secondary N) is 1. The van der Waals surface area contributed by atoms with E-state index in [1.807, 2.05) is 33.3 Å². The second-order valence-electron chi connectivity index (χ2n) is 25.4. The van der Waals surface area contributed by atoms with Crippen LogP contribution in [0.1, 0.15) is 329 Å². The van der Waals surface area contributed by atoms with Gasteiger partial charge in [0.25, 0.3) is 0 Å². The van der Waals surface area contributed by atoms with Crippen molar-refractivity contribution < 1.29 is 37.3 Å². The molecule has 3 atom stereocenters. The first-order valence-electron chi connectivity index (χ1n) is 35.9. The number of likely N-dealkylation sites (N-methyl/N-ethyl adjacent to an activating group) is 1. The van der Waals surface area contributed by atoms with Gasteiger partial charge in [0.15, 0.2) is 0 Å². The van der Waals surface area contributed by atoms with E-state index in [4.69, 9.17) is 13.8 Å². The maximum Gasteiger partial charge on any atom is 0.472 e. The van der Waals surface area contributed by atoms with Crippen molar-refractivity contribution in [2.45, 2.75) is 341 Å². The zero-order valence-corrected chi connectivity index (χ0v) is 57.5. The Bertz CT molecular complexity index is 1730. The number of rotatable bonds is 65. The number of ether oxygens (including phenoxy) is 1. The number of amides is 1. The Morgan fingerprint density at radius 3 is 1.13 bits per heavy atom. The molecule has 9 nitrogen and oxygen atoms in total. The van der Waals surface area contributed by atoms with E-state index in [0.717, 1.165) is 109 Å². The van der Waals surface area contributed by atoms with Crippen molar-refractivity contribution in [3.63, 3.8) is 0 Å². The number of nitrogens with zero attached hydrogens (tertiary/aromatic N) is 1. The Morgan fingerprint density at radius 1 is 0.424 bits per heavy atom. The molecule has 0 radical (unpaired) electrons. The van der Waals surface area contributed by atoms with Crippen LogP contribution in [-0.2, 0) is 27.9 Å². The lowest BCUT2D eigenvalue weighted by Gasteiger charge is -2.27. The number of phosphoric ester groups is 1. The number of hydrogen-bond acceptors (Lipinski definition) is 6. The molecular weight excluding hydrogens is 1070 g/mol. The average molecular weight is 1210 g/mol. The molecular formula is C75H138N2O7P+. The van der Waals surface area contributed by atoms with Gasteiger partial charge in [0.2, 0.25) is 5.91 Å². The number of phosphoric acid groups is 1. The van der Waals surface area contributed by atoms with E-state index in [1.165, 1.54) is 186 Å². The van der Waals surface area contributed by atoms with Gasteiger partial charge in [-0.3, -0.25) is 18.6 Å². The van der Waals surface area contributed by atoms with Crippen molar-refractivity contribution in [1.29, 1.82) is 0 Å². The summed E-state index contributed by atoms with van der Waals surface area (Å²) in [5, 5.41) is 3.07. The lowest BCUT2D eigenvalue weighted by Crippen LogP contribution is -2.47. The third-order valence-electron chi connectivity index (χ3n) is 15.8. The topological polar surface area (TPSA) is 111 Å². The number of allylic oxidation sites excluding steroid dienone is 13. The lowest BCUT2D eigenvalue weighted by molar-refractivity contribution is -0.870. The quantitative estimate of drug-likeness (QED) is 0.0205. The monoisotopic (exact) mass is 1210 g/mol. The Hall–Kier alpha value is -2.81. The van der Waals surface area contributed by atoms with Crippen LogP contribution < -0.4 is 5.32 Å². The average Bonchev–Trinajstić information content (AvgIpc) is 3.50. The number of carbonyl (C=O) groups is 2. The van der Waals surface area contributed by atoms with Crippen LogP contribution in [-0.4, -0.2) is 74.3 Å². The molecule has 0 saturated carbocycles. The molecule has 10 heteroatoms. The molecule has 1 amide bonds. The highest BCUT2D eigenvalue weighted by Gasteiger charge is 2.30. The Kier molecular flexibility index (Phi) is 62.1. The molecule has 0 saturated heterocycles. The van der Waals surface area contributed by atoms with Gasteiger partial charge in [-0.05, 0) is 83.1 Å². The van der Waals surface area contributed by atoms with Gasteiger partial charge in [-0.1, -0.05) is 318 Å². The zero-order valence-electron chi connectivity index (χ0n) is 56.6. The van der Waals surface area contributed by atoms with Crippen molar-refractivity contribution in [2.75, 3.05) is 40.9 Å². The normalized spacial score (nSPS) is 14.0. The highest BCUT2D eigenvalue weighted by atomic mass is 31.2. The summed E-state index contributed by atoms with van der Waals surface area (Å²) in [6, 6.07) is -0.854. The molecule has 0 bridgehead atoms. The van der Waals surface area contributed by atoms with E-state index in [2.05, 4.69) is 99.0 Å². The van der Waals surface area contributed by atoms with Gasteiger partial charge < -0.3 is 19.4 Å². The van der Waals surface area contributed by atoms with Crippen LogP contribution in [0.3, 0.4) is 0 Å². The predicted molar refractivity (Wildman–Crippen MR) is 369 cm³/mol. The van der Waals surface area contributed by atoms with Crippen molar-refractivity contribution in [1.82, 2.24) is 5.32 Å². The summed E-state index contributed by atoms with van der Waals surface area (Å²) in [5.74, 6) is -0.504. The van der Waals surface area contributed by atoms with E-state index in [9.17, 15) is 19.0 Å². The molecule has 0 spiro atoms. The molecule has 494 valence electrons. The van der Waals surface area contributed by atoms with E-state index in [0.29, 0.717) is 17.4 Å². The van der Waals surface area contributed by atoms with Crippen molar-refractivity contribution in [3.8, 4) is 0 Å². The van der Waals surface area contributed by atoms with Crippen LogP contribution in [0, 0.1) is 0 Å². The summed E-state index contributed by atoms with van der Waals surface area (Å²) in [6.45, 7) is 6.93. The molecule has 0 heterocycles. The third kappa shape index (κ3) is 65.5. The van der Waals surface area contributed by atoms with E-state index in [1.54, 1.807) is 0 Å². The zero-order chi connectivity index (χ0) is 62.1. The summed E-state index contributed by atoms with van der Waals surface area (Å²) < 4.78 is 30.8. The predicted octanol–water partition coefficient (Wildman–Crippen LogP) is 22.9. The van der Waals surface area contributed by atoms with Gasteiger partial charge in [0, 0.05) is 12.8 Å². The molecule has 0 aliphatic rings. The smallest absolute Gasteiger partial charge is 0.456 e. The first kappa shape index (κ1) is 82.2. The Balaban J connectivity index is 5.10. The van der Waals surface area contributed by atoms with Crippen LogP contribution in [0.4, 0.5) is 0 Å². The highest BCUT2D eigenvalue weighted by Crippen LogP contribution is 2.43. The summed E-state index contributed by atoms with van der Waals surface area (Å²) >= 11 is 0. The van der Waals surface area contributed by atoms with Gasteiger partial charge >= 0.3 is 13.8 Å². The number of unbranched alkanes of at least 4 members (excludes halogenated alkanes) is 37. The van der Waals surface area contributed by atoms with Crippen LogP contribution in [0.2, 0.25) is 0 Å². The molecule has 0 fully saturated rings. The third-order valence-corrected chi connectivity index (χ3v) is 16.8. The van der Waals surface area contributed by atoms with Gasteiger partial charge in [0.1, 0.15) is 19.3 Å². The fourth-order valence-corrected chi connectivity index (χ4v) is 11.1. The molecule has 0 aliphatic heterocycles. The van der Waals surface area contributed by atoms with Gasteiger partial charge in [-0.25, -0.2) is 4.57 Å². The molecule has 0 aromatic carbocycles. The summed E-state index contributed by atoms with van der Waals surface area (Å²) in [7, 11) is 1.50. The molecule has 2 N–H and O–H groups in total. The Morgan fingerprint density at radius 2 is 0.753 bits per heavy atom. The minimum absolute atomic E-state index is 0.0377. The second-order valence-corrected chi connectivity index (χ2v) is 26.8. The second kappa shape index (κ2) is 64.2. The van der Waals surface area contributed by atoms with Crippen molar-refractivity contribution in [3.05, 3.63) is 85.1 Å². The van der Waals surface area contributed by atoms with Crippen molar-refractivity contribution >= 4 is 19.7 Å². The fourth-order valence-electron chi connectivity index (χ4n) is 10.4. The SMILES string of the molecule is CC/C=C\C/C=C\C/C=C\C/C=C\C/C=C\C/C=C\CCCCCCCCCCC(=O)OC(/C=C/CCCCCCCCCCCCC)C(COP(=O)(O)OCC[N+](C)(C)C)NC(=O)CCCCCCCCCCCCCCCCCCCCC. The summed E-state index contributed by atoms with van der Waals surface area (Å²) in [4.78, 5) is 37.9. The number of hydrogen-bond donors (Lipinski definition) is 2. The van der Waals surface area contributed by atoms with Crippen LogP contribution in [0.5, 0.6) is 0 Å². The molecule has 0 aromatic heterocycles. The minimum Gasteiger partial charge on any atom is -0.456 e. The van der Waals surface area contributed by atoms with Gasteiger partial charge in [-0.2, -0.15) is 0 Å². The maximum atomic E-state index is 13.6. The standard InChI is InChI=1S/C75H137N2O7P/c1-7-10-13-16-19-22-25-28-30-32-34-35-36-37-38-39-40-41-43-45-47-50-53-56-59-62-65-68-75(79)84-73(66-63-60-57-54-51-48-27-24-21-18-15-12-9-3)72(71-83-85(80,81)82-70-69-77(4,5)6)76-74(78)67-64-61-58-55-52-49-46-44-42-33-31-29-26-23-20-17-14-11-8-2/h10,13,19,22,28,30,34-35,37-38,40-41,63,66,72-73H,7-9,11-12,14-18,20-21,23-27,29,31-33,36,39,42-62,64-65,67-71H2,1-6H3,(H-,76,78,80,81)/p+1/b13-10-,22-19-,30-28-,35-34-,38-37-,41-40-,66-63+. The van der Waals surface area contributed by atoms with Crippen LogP contribution in [0.25, 0.3) is 0 Å². The van der Waals surface area contributed by atoms with Gasteiger partial charge in [0.05, 0.1) is 33.8 Å². The molecule has 0 aliphatic carbocycles. The Labute approximate surface area is 526 Å². The summed E-state index contributed by atoms with van der Waals surface area (Å²) in [6.07, 6.45) is 85.9. The van der Waals surface area contributed by atoms with E-state index in [-0.39, 0.29) is 31.5 Å². The number of quaternary nitrogens is 1. The van der Waals surface area contributed by atoms with Crippen molar-refractivity contribution in [2.24, 2.45) is 0 Å². The van der Waals surface area contributed by atoms with E-state index >= 15 is 0 Å². The molecule has 85 heavy (non-hydrogen) atoms. The molecule has 0 rings (SSSR count).